The second-order valence-corrected chi connectivity index (χ2v) is 5.56. The molecule has 2 heterocycles. The molecule has 0 spiro atoms. The molecule has 1 aromatic carbocycles. The third-order valence-corrected chi connectivity index (χ3v) is 3.67. The molecule has 128 valence electrons. The number of hydrogen-bond acceptors (Lipinski definition) is 4. The molecule has 0 atom stereocenters. The van der Waals surface area contributed by atoms with Crippen LogP contribution in [0, 0.1) is 6.92 Å². The Bertz CT molecular complexity index is 930. The highest BCUT2D eigenvalue weighted by Gasteiger charge is 2.07. The predicted octanol–water partition coefficient (Wildman–Crippen LogP) is 1.77. The minimum atomic E-state index is -0.259. The minimum Gasteiger partial charge on any atom is -0.484 e. The van der Waals surface area contributed by atoms with Crippen molar-refractivity contribution in [3.05, 3.63) is 70.4 Å². The van der Waals surface area contributed by atoms with Gasteiger partial charge < -0.3 is 15.0 Å². The monoisotopic (exact) mass is 338 g/mol. The lowest BCUT2D eigenvalue weighted by molar-refractivity contribution is -0.123. The van der Waals surface area contributed by atoms with Crippen LogP contribution in [0.4, 0.5) is 0 Å². The van der Waals surface area contributed by atoms with Gasteiger partial charge in [-0.2, -0.15) is 5.10 Å². The smallest absolute Gasteiger partial charge is 0.258 e. The number of carbonyl (C=O) groups excluding carboxylic acids is 1. The maximum Gasteiger partial charge on any atom is 0.258 e. The van der Waals surface area contributed by atoms with Crippen LogP contribution >= 0.6 is 0 Å². The summed E-state index contributed by atoms with van der Waals surface area (Å²) in [4.78, 5) is 25.6. The van der Waals surface area contributed by atoms with Crippen molar-refractivity contribution < 1.29 is 9.53 Å². The van der Waals surface area contributed by atoms with Gasteiger partial charge in [0.15, 0.2) is 6.61 Å². The third-order valence-electron chi connectivity index (χ3n) is 3.67. The number of aryl methyl sites for hydroxylation is 1. The lowest BCUT2D eigenvalue weighted by atomic mass is 10.1. The van der Waals surface area contributed by atoms with Gasteiger partial charge in [0.25, 0.3) is 5.91 Å². The topological polar surface area (TPSA) is 99.9 Å². The van der Waals surface area contributed by atoms with E-state index >= 15 is 0 Å². The van der Waals surface area contributed by atoms with E-state index in [1.807, 2.05) is 25.1 Å². The summed E-state index contributed by atoms with van der Waals surface area (Å²) in [5.41, 5.74) is 3.45. The van der Waals surface area contributed by atoms with Gasteiger partial charge in [-0.3, -0.25) is 14.7 Å². The van der Waals surface area contributed by atoms with Crippen LogP contribution in [0.25, 0.3) is 11.1 Å². The van der Waals surface area contributed by atoms with Crippen LogP contribution in [0.15, 0.2) is 53.6 Å². The van der Waals surface area contributed by atoms with Crippen molar-refractivity contribution in [2.45, 2.75) is 13.5 Å². The number of amides is 1. The summed E-state index contributed by atoms with van der Waals surface area (Å²) in [6, 6.07) is 10.7. The molecule has 2 aromatic heterocycles. The van der Waals surface area contributed by atoms with Gasteiger partial charge >= 0.3 is 0 Å². The molecule has 0 unspecified atom stereocenters. The molecule has 0 bridgehead atoms. The molecule has 3 N–H and O–H groups in total. The Hall–Kier alpha value is -3.35. The van der Waals surface area contributed by atoms with E-state index in [9.17, 15) is 9.59 Å². The normalized spacial score (nSPS) is 10.4. The van der Waals surface area contributed by atoms with E-state index in [0.29, 0.717) is 5.75 Å². The number of pyridine rings is 1. The van der Waals surface area contributed by atoms with E-state index in [4.69, 9.17) is 4.74 Å². The summed E-state index contributed by atoms with van der Waals surface area (Å²) >= 11 is 0. The Balaban J connectivity index is 1.55. The summed E-state index contributed by atoms with van der Waals surface area (Å²) in [5, 5.41) is 9.62. The number of ether oxygens (including phenoxy) is 1. The second kappa shape index (κ2) is 7.48. The maximum absolute atomic E-state index is 11.9. The maximum atomic E-state index is 11.9. The van der Waals surface area contributed by atoms with Gasteiger partial charge in [0.1, 0.15) is 5.75 Å². The van der Waals surface area contributed by atoms with Crippen molar-refractivity contribution in [1.82, 2.24) is 20.5 Å². The minimum absolute atomic E-state index is 0.100. The SMILES string of the molecule is Cc1[nH]ncc1-c1cccc(OCC(=O)NCc2cc[nH]c(=O)c2)c1. The zero-order valence-electron chi connectivity index (χ0n) is 13.7. The molecular weight excluding hydrogens is 320 g/mol. The van der Waals surface area contributed by atoms with Gasteiger partial charge in [0.2, 0.25) is 5.56 Å². The van der Waals surface area contributed by atoms with Crippen LogP contribution in [0.1, 0.15) is 11.3 Å². The molecule has 1 amide bonds. The number of aromatic amines is 2. The average Bonchev–Trinajstić information content (AvgIpc) is 3.04. The Morgan fingerprint density at radius 3 is 2.92 bits per heavy atom. The molecule has 7 nitrogen and oxygen atoms in total. The summed E-state index contributed by atoms with van der Waals surface area (Å²) in [5.74, 6) is 0.342. The second-order valence-electron chi connectivity index (χ2n) is 5.56. The van der Waals surface area contributed by atoms with Crippen molar-refractivity contribution >= 4 is 5.91 Å². The van der Waals surface area contributed by atoms with Gasteiger partial charge in [-0.15, -0.1) is 0 Å². The van der Waals surface area contributed by atoms with Crippen molar-refractivity contribution in [3.8, 4) is 16.9 Å². The van der Waals surface area contributed by atoms with Crippen LogP contribution in [-0.4, -0.2) is 27.7 Å². The molecule has 0 aliphatic heterocycles. The average molecular weight is 338 g/mol. The Labute approximate surface area is 144 Å². The highest BCUT2D eigenvalue weighted by molar-refractivity contribution is 5.77. The van der Waals surface area contributed by atoms with Crippen LogP contribution < -0.4 is 15.6 Å². The Morgan fingerprint density at radius 1 is 1.28 bits per heavy atom. The Morgan fingerprint density at radius 2 is 2.16 bits per heavy atom. The summed E-state index contributed by atoms with van der Waals surface area (Å²) in [7, 11) is 0. The zero-order chi connectivity index (χ0) is 17.6. The highest BCUT2D eigenvalue weighted by atomic mass is 16.5. The number of aromatic nitrogens is 3. The molecule has 3 rings (SSSR count). The lowest BCUT2D eigenvalue weighted by Gasteiger charge is -2.09. The summed E-state index contributed by atoms with van der Waals surface area (Å²) in [6.45, 7) is 2.12. The number of H-pyrrole nitrogens is 2. The molecule has 0 saturated heterocycles. The highest BCUT2D eigenvalue weighted by Crippen LogP contribution is 2.25. The van der Waals surface area contributed by atoms with Gasteiger partial charge in [-0.25, -0.2) is 0 Å². The van der Waals surface area contributed by atoms with Gasteiger partial charge in [0.05, 0.1) is 6.20 Å². The summed E-state index contributed by atoms with van der Waals surface area (Å²) < 4.78 is 5.55. The van der Waals surface area contributed by atoms with E-state index in [2.05, 4.69) is 20.5 Å². The molecule has 0 aliphatic carbocycles. The van der Waals surface area contributed by atoms with Crippen LogP contribution in [0.5, 0.6) is 5.75 Å². The van der Waals surface area contributed by atoms with Crippen LogP contribution in [0.2, 0.25) is 0 Å². The Kier molecular flexibility index (Phi) is 4.94. The molecule has 0 fully saturated rings. The fraction of sp³-hybridized carbons (Fsp3) is 0.167. The van der Waals surface area contributed by atoms with Crippen molar-refractivity contribution in [3.63, 3.8) is 0 Å². The standard InChI is InChI=1S/C18H18N4O3/c1-12-16(10-21-22-12)14-3-2-4-15(8-14)25-11-18(24)20-9-13-5-6-19-17(23)7-13/h2-8,10H,9,11H2,1H3,(H,19,23)(H,20,24)(H,21,22). The van der Waals surface area contributed by atoms with Crippen LogP contribution in [-0.2, 0) is 11.3 Å². The van der Waals surface area contributed by atoms with E-state index in [1.165, 1.54) is 6.07 Å². The first-order valence-corrected chi connectivity index (χ1v) is 7.79. The van der Waals surface area contributed by atoms with Gasteiger partial charge in [-0.05, 0) is 36.2 Å². The fourth-order valence-corrected chi connectivity index (χ4v) is 2.39. The molecule has 0 radical (unpaired) electrons. The molecule has 7 heteroatoms. The third kappa shape index (κ3) is 4.35. The molecule has 0 aliphatic rings. The lowest BCUT2D eigenvalue weighted by Crippen LogP contribution is -2.28. The summed E-state index contributed by atoms with van der Waals surface area (Å²) in [6.07, 6.45) is 3.30. The number of hydrogen-bond donors (Lipinski definition) is 3. The number of nitrogens with one attached hydrogen (secondary N) is 3. The quantitative estimate of drug-likeness (QED) is 0.638. The first kappa shape index (κ1) is 16.5. The predicted molar refractivity (Wildman–Crippen MR) is 93.2 cm³/mol. The zero-order valence-corrected chi connectivity index (χ0v) is 13.7. The largest absolute Gasteiger partial charge is 0.484 e. The van der Waals surface area contributed by atoms with E-state index in [1.54, 1.807) is 24.5 Å². The fourth-order valence-electron chi connectivity index (χ4n) is 2.39. The molecular formula is C18H18N4O3. The number of benzene rings is 1. The molecule has 25 heavy (non-hydrogen) atoms. The first-order chi connectivity index (χ1) is 12.1. The molecule has 3 aromatic rings. The van der Waals surface area contributed by atoms with E-state index in [0.717, 1.165) is 22.4 Å². The van der Waals surface area contributed by atoms with Crippen molar-refractivity contribution in [1.29, 1.82) is 0 Å². The van der Waals surface area contributed by atoms with Gasteiger partial charge in [0, 0.05) is 30.1 Å². The van der Waals surface area contributed by atoms with Gasteiger partial charge in [-0.1, -0.05) is 12.1 Å². The number of rotatable bonds is 6. The van der Waals surface area contributed by atoms with Crippen molar-refractivity contribution in [2.75, 3.05) is 6.61 Å². The van der Waals surface area contributed by atoms with E-state index < -0.39 is 0 Å². The number of carbonyl (C=O) groups is 1. The number of nitrogens with zero attached hydrogens (tertiary/aromatic N) is 1. The van der Waals surface area contributed by atoms with E-state index in [-0.39, 0.29) is 24.6 Å². The molecule has 0 saturated carbocycles. The van der Waals surface area contributed by atoms with Crippen LogP contribution in [0.3, 0.4) is 0 Å². The first-order valence-electron chi connectivity index (χ1n) is 7.79. The van der Waals surface area contributed by atoms with Crippen molar-refractivity contribution in [2.24, 2.45) is 0 Å².